The Morgan fingerprint density at radius 2 is 2.03 bits per heavy atom. The van der Waals surface area contributed by atoms with Crippen LogP contribution in [0.4, 0.5) is 0 Å². The SMILES string of the molecule is COCC(C)n1c(C)cc(/C=C(\C#N)C(=O)NCc2ccc3c(c2)OCCO3)c1C. The molecule has 158 valence electrons. The molecule has 1 unspecified atom stereocenters. The highest BCUT2D eigenvalue weighted by molar-refractivity contribution is 6.01. The smallest absolute Gasteiger partial charge is 0.262 e. The van der Waals surface area contributed by atoms with E-state index in [9.17, 15) is 10.1 Å². The van der Waals surface area contributed by atoms with E-state index in [1.165, 1.54) is 0 Å². The van der Waals surface area contributed by atoms with Gasteiger partial charge >= 0.3 is 0 Å². The summed E-state index contributed by atoms with van der Waals surface area (Å²) >= 11 is 0. The van der Waals surface area contributed by atoms with Gasteiger partial charge in [0.2, 0.25) is 0 Å². The van der Waals surface area contributed by atoms with Crippen LogP contribution in [0.2, 0.25) is 0 Å². The highest BCUT2D eigenvalue weighted by atomic mass is 16.6. The monoisotopic (exact) mass is 409 g/mol. The fourth-order valence-electron chi connectivity index (χ4n) is 3.72. The van der Waals surface area contributed by atoms with E-state index < -0.39 is 5.91 Å². The van der Waals surface area contributed by atoms with Gasteiger partial charge in [0.1, 0.15) is 24.9 Å². The summed E-state index contributed by atoms with van der Waals surface area (Å²) in [6.07, 6.45) is 1.64. The Balaban J connectivity index is 1.73. The third-order valence-electron chi connectivity index (χ3n) is 5.10. The van der Waals surface area contributed by atoms with Crippen LogP contribution in [0.3, 0.4) is 0 Å². The van der Waals surface area contributed by atoms with E-state index in [-0.39, 0.29) is 11.6 Å². The second-order valence-corrected chi connectivity index (χ2v) is 7.33. The Kier molecular flexibility index (Phi) is 6.80. The lowest BCUT2D eigenvalue weighted by Crippen LogP contribution is -2.24. The summed E-state index contributed by atoms with van der Waals surface area (Å²) in [5, 5.41) is 12.3. The zero-order valence-corrected chi connectivity index (χ0v) is 17.8. The molecule has 1 amide bonds. The molecule has 0 aliphatic carbocycles. The standard InChI is InChI=1S/C23H27N3O4/c1-15-9-19(17(3)26(15)16(2)14-28-4)11-20(12-24)23(27)25-13-18-5-6-21-22(10-18)30-8-7-29-21/h5-6,9-11,16H,7-8,13-14H2,1-4H3,(H,25,27)/b20-11+. The number of carbonyl (C=O) groups is 1. The van der Waals surface area contributed by atoms with Gasteiger partial charge in [-0.05, 0) is 56.2 Å². The van der Waals surface area contributed by atoms with Gasteiger partial charge in [0.05, 0.1) is 12.6 Å². The third-order valence-corrected chi connectivity index (χ3v) is 5.10. The number of nitriles is 1. The Labute approximate surface area is 176 Å². The molecule has 1 N–H and O–H groups in total. The van der Waals surface area contributed by atoms with Gasteiger partial charge in [-0.25, -0.2) is 0 Å². The zero-order valence-electron chi connectivity index (χ0n) is 17.8. The Morgan fingerprint density at radius 3 is 2.73 bits per heavy atom. The van der Waals surface area contributed by atoms with Crippen LogP contribution in [0, 0.1) is 25.2 Å². The summed E-state index contributed by atoms with van der Waals surface area (Å²) in [5.74, 6) is 0.954. The van der Waals surface area contributed by atoms with Gasteiger partial charge in [-0.3, -0.25) is 4.79 Å². The first-order chi connectivity index (χ1) is 14.4. The lowest BCUT2D eigenvalue weighted by Gasteiger charge is -2.19. The van der Waals surface area contributed by atoms with Crippen molar-refractivity contribution < 1.29 is 19.0 Å². The van der Waals surface area contributed by atoms with Crippen LogP contribution in [0.1, 0.15) is 35.5 Å². The highest BCUT2D eigenvalue weighted by Gasteiger charge is 2.16. The molecule has 3 rings (SSSR count). The summed E-state index contributed by atoms with van der Waals surface area (Å²) in [6.45, 7) is 7.97. The summed E-state index contributed by atoms with van der Waals surface area (Å²) in [6, 6.07) is 9.69. The minimum atomic E-state index is -0.415. The van der Waals surface area contributed by atoms with Crippen LogP contribution >= 0.6 is 0 Å². The van der Waals surface area contributed by atoms with Crippen molar-refractivity contribution in [1.82, 2.24) is 9.88 Å². The number of ether oxygens (including phenoxy) is 3. The van der Waals surface area contributed by atoms with Gasteiger partial charge in [-0.1, -0.05) is 6.07 Å². The molecule has 0 fully saturated rings. The third kappa shape index (κ3) is 4.66. The van der Waals surface area contributed by atoms with Crippen LogP contribution in [0.25, 0.3) is 6.08 Å². The van der Waals surface area contributed by atoms with Gasteiger partial charge < -0.3 is 24.1 Å². The van der Waals surface area contributed by atoms with Crippen LogP contribution in [-0.4, -0.2) is 37.4 Å². The van der Waals surface area contributed by atoms with Gasteiger partial charge in [0, 0.05) is 25.0 Å². The van der Waals surface area contributed by atoms with E-state index in [1.807, 2.05) is 44.2 Å². The summed E-state index contributed by atoms with van der Waals surface area (Å²) in [7, 11) is 1.67. The molecule has 0 bridgehead atoms. The minimum absolute atomic E-state index is 0.0622. The highest BCUT2D eigenvalue weighted by Crippen LogP contribution is 2.30. The Morgan fingerprint density at radius 1 is 1.30 bits per heavy atom. The predicted molar refractivity (Wildman–Crippen MR) is 113 cm³/mol. The first-order valence-electron chi connectivity index (χ1n) is 9.90. The number of hydrogen-bond donors (Lipinski definition) is 1. The molecular weight excluding hydrogens is 382 g/mol. The van der Waals surface area contributed by atoms with E-state index in [1.54, 1.807) is 13.2 Å². The van der Waals surface area contributed by atoms with Gasteiger partial charge in [-0.2, -0.15) is 5.26 Å². The van der Waals surface area contributed by atoms with Crippen molar-refractivity contribution in [3.63, 3.8) is 0 Å². The molecule has 2 aromatic rings. The molecule has 1 aromatic heterocycles. The number of nitrogens with zero attached hydrogens (tertiary/aromatic N) is 2. The van der Waals surface area contributed by atoms with E-state index in [4.69, 9.17) is 14.2 Å². The molecule has 1 aliphatic heterocycles. The molecule has 0 radical (unpaired) electrons. The summed E-state index contributed by atoms with van der Waals surface area (Å²) < 4.78 is 18.5. The second kappa shape index (κ2) is 9.51. The topological polar surface area (TPSA) is 85.5 Å². The summed E-state index contributed by atoms with van der Waals surface area (Å²) in [4.78, 5) is 12.6. The average molecular weight is 409 g/mol. The van der Waals surface area contributed by atoms with E-state index in [0.29, 0.717) is 37.9 Å². The fraction of sp³-hybridized carbons (Fsp3) is 0.391. The Hall–Kier alpha value is -3.24. The molecule has 7 heteroatoms. The maximum Gasteiger partial charge on any atom is 0.262 e. The van der Waals surface area contributed by atoms with Gasteiger partial charge in [0.25, 0.3) is 5.91 Å². The number of benzene rings is 1. The van der Waals surface area contributed by atoms with Gasteiger partial charge in [-0.15, -0.1) is 0 Å². The summed E-state index contributed by atoms with van der Waals surface area (Å²) in [5.41, 5.74) is 3.83. The predicted octanol–water partition coefficient (Wildman–Crippen LogP) is 3.31. The van der Waals surface area contributed by atoms with Crippen molar-refractivity contribution in [2.45, 2.75) is 33.4 Å². The number of rotatable bonds is 7. The van der Waals surface area contributed by atoms with Crippen molar-refractivity contribution in [2.75, 3.05) is 26.9 Å². The minimum Gasteiger partial charge on any atom is -0.486 e. The fourth-order valence-corrected chi connectivity index (χ4v) is 3.72. The van der Waals surface area contributed by atoms with E-state index in [2.05, 4.69) is 16.8 Å². The van der Waals surface area contributed by atoms with Crippen molar-refractivity contribution in [1.29, 1.82) is 5.26 Å². The number of nitrogens with one attached hydrogen (secondary N) is 1. The van der Waals surface area contributed by atoms with Crippen molar-refractivity contribution >= 4 is 12.0 Å². The van der Waals surface area contributed by atoms with E-state index >= 15 is 0 Å². The van der Waals surface area contributed by atoms with Gasteiger partial charge in [0.15, 0.2) is 11.5 Å². The molecule has 1 aromatic carbocycles. The maximum atomic E-state index is 12.6. The molecule has 1 atom stereocenters. The number of aryl methyl sites for hydroxylation is 1. The molecule has 2 heterocycles. The number of carbonyl (C=O) groups excluding carboxylic acids is 1. The molecule has 0 spiro atoms. The van der Waals surface area contributed by atoms with Crippen LogP contribution in [0.5, 0.6) is 11.5 Å². The number of amides is 1. The largest absolute Gasteiger partial charge is 0.486 e. The quantitative estimate of drug-likeness (QED) is 0.560. The second-order valence-electron chi connectivity index (χ2n) is 7.33. The maximum absolute atomic E-state index is 12.6. The normalized spacial score (nSPS) is 14.2. The first-order valence-corrected chi connectivity index (χ1v) is 9.90. The molecule has 30 heavy (non-hydrogen) atoms. The number of hydrogen-bond acceptors (Lipinski definition) is 5. The lowest BCUT2D eigenvalue weighted by atomic mass is 10.1. The molecule has 7 nitrogen and oxygen atoms in total. The van der Waals surface area contributed by atoms with Crippen LogP contribution < -0.4 is 14.8 Å². The average Bonchev–Trinajstić information content (AvgIpc) is 3.03. The first kappa shape index (κ1) is 21.5. The van der Waals surface area contributed by atoms with Crippen LogP contribution in [-0.2, 0) is 16.1 Å². The number of fused-ring (bicyclic) bond motifs is 1. The van der Waals surface area contributed by atoms with Crippen molar-refractivity contribution in [2.24, 2.45) is 0 Å². The molecule has 1 aliphatic rings. The molecule has 0 saturated carbocycles. The van der Waals surface area contributed by atoms with E-state index in [0.717, 1.165) is 22.5 Å². The number of methoxy groups -OCH3 is 1. The van der Waals surface area contributed by atoms with Crippen LogP contribution in [0.15, 0.2) is 29.8 Å². The lowest BCUT2D eigenvalue weighted by molar-refractivity contribution is -0.117. The Bertz CT molecular complexity index is 1000. The van der Waals surface area contributed by atoms with Crippen molar-refractivity contribution in [3.05, 3.63) is 52.4 Å². The van der Waals surface area contributed by atoms with Crippen molar-refractivity contribution in [3.8, 4) is 17.6 Å². The number of aromatic nitrogens is 1. The zero-order chi connectivity index (χ0) is 21.7. The molecule has 0 saturated heterocycles. The molecular formula is C23H27N3O4.